The third-order valence-electron chi connectivity index (χ3n) is 4.44. The lowest BCUT2D eigenvalue weighted by Crippen LogP contribution is -2.50. The summed E-state index contributed by atoms with van der Waals surface area (Å²) in [6.45, 7) is 10.5. The highest BCUT2D eigenvalue weighted by molar-refractivity contribution is 14.0. The number of thiazole rings is 1. The summed E-state index contributed by atoms with van der Waals surface area (Å²) in [4.78, 5) is 10.4. The molecule has 27 heavy (non-hydrogen) atoms. The Labute approximate surface area is 184 Å². The van der Waals surface area contributed by atoms with Crippen LogP contribution < -0.4 is 10.6 Å². The molecule has 2 rings (SSSR count). The zero-order chi connectivity index (χ0) is 19.2. The Balaban J connectivity index is 0.00000364. The molecule has 7 nitrogen and oxygen atoms in total. The third kappa shape index (κ3) is 7.47. The topological polar surface area (TPSA) is 86.7 Å². The van der Waals surface area contributed by atoms with Crippen LogP contribution in [0.5, 0.6) is 0 Å². The van der Waals surface area contributed by atoms with Gasteiger partial charge in [-0.25, -0.2) is 22.7 Å². The zero-order valence-electron chi connectivity index (χ0n) is 16.6. The molecule has 1 aromatic heterocycles. The molecule has 10 heteroatoms. The van der Waals surface area contributed by atoms with Gasteiger partial charge in [0, 0.05) is 30.6 Å². The van der Waals surface area contributed by atoms with Gasteiger partial charge in [0.1, 0.15) is 5.01 Å². The number of hydrogen-bond donors (Lipinski definition) is 2. The molecule has 0 aliphatic carbocycles. The molecule has 0 bridgehead atoms. The van der Waals surface area contributed by atoms with Crippen molar-refractivity contribution in [2.45, 2.75) is 59.5 Å². The van der Waals surface area contributed by atoms with Gasteiger partial charge in [0.05, 0.1) is 18.0 Å². The van der Waals surface area contributed by atoms with E-state index in [4.69, 9.17) is 0 Å². The third-order valence-corrected chi connectivity index (χ3v) is 7.57. The van der Waals surface area contributed by atoms with E-state index in [1.54, 1.807) is 15.6 Å². The van der Waals surface area contributed by atoms with E-state index in [2.05, 4.69) is 27.5 Å². The molecule has 0 spiro atoms. The number of nitrogens with one attached hydrogen (secondary N) is 2. The normalized spacial score (nSPS) is 16.8. The van der Waals surface area contributed by atoms with Crippen LogP contribution in [0.25, 0.3) is 0 Å². The van der Waals surface area contributed by atoms with Crippen LogP contribution in [-0.4, -0.2) is 55.1 Å². The fourth-order valence-electron chi connectivity index (χ4n) is 2.93. The maximum absolute atomic E-state index is 12.2. The number of nitrogens with zero attached hydrogens (tertiary/aromatic N) is 3. The summed E-state index contributed by atoms with van der Waals surface area (Å²) in [6, 6.07) is 0.237. The van der Waals surface area contributed by atoms with Crippen molar-refractivity contribution in [1.82, 2.24) is 19.9 Å². The summed E-state index contributed by atoms with van der Waals surface area (Å²) < 4.78 is 26.0. The van der Waals surface area contributed by atoms with Gasteiger partial charge >= 0.3 is 0 Å². The number of sulfonamides is 1. The van der Waals surface area contributed by atoms with Gasteiger partial charge in [-0.2, -0.15) is 0 Å². The first-order valence-corrected chi connectivity index (χ1v) is 11.7. The second-order valence-electron chi connectivity index (χ2n) is 6.58. The van der Waals surface area contributed by atoms with E-state index in [9.17, 15) is 8.42 Å². The van der Waals surface area contributed by atoms with Crippen molar-refractivity contribution in [3.63, 3.8) is 0 Å². The lowest BCUT2D eigenvalue weighted by molar-refractivity contribution is 0.306. The first-order valence-electron chi connectivity index (χ1n) is 9.31. The highest BCUT2D eigenvalue weighted by atomic mass is 127. The second-order valence-corrected chi connectivity index (χ2v) is 9.95. The minimum absolute atomic E-state index is 0. The van der Waals surface area contributed by atoms with Gasteiger partial charge < -0.3 is 10.6 Å². The monoisotopic (exact) mass is 529 g/mol. The minimum Gasteiger partial charge on any atom is -0.357 e. The number of aromatic nitrogens is 1. The van der Waals surface area contributed by atoms with Gasteiger partial charge in [0.15, 0.2) is 5.96 Å². The zero-order valence-corrected chi connectivity index (χ0v) is 20.6. The van der Waals surface area contributed by atoms with Gasteiger partial charge in [-0.3, -0.25) is 0 Å². The first-order chi connectivity index (χ1) is 12.4. The Morgan fingerprint density at radius 2 is 1.96 bits per heavy atom. The summed E-state index contributed by atoms with van der Waals surface area (Å²) in [5, 5.41) is 7.73. The molecule has 2 N–H and O–H groups in total. The van der Waals surface area contributed by atoms with Crippen molar-refractivity contribution in [3.8, 4) is 0 Å². The van der Waals surface area contributed by atoms with Crippen LogP contribution >= 0.6 is 35.3 Å². The molecule has 0 aromatic carbocycles. The molecule has 1 aromatic rings. The number of rotatable bonds is 7. The van der Waals surface area contributed by atoms with Crippen molar-refractivity contribution >= 4 is 51.3 Å². The average molecular weight is 530 g/mol. The number of halogens is 1. The van der Waals surface area contributed by atoms with Gasteiger partial charge in [-0.05, 0) is 40.0 Å². The minimum atomic E-state index is -3.09. The predicted molar refractivity (Wildman–Crippen MR) is 124 cm³/mol. The SMILES string of the molecule is CCCS(=O)(=O)N1CCC(NC(=NCc2nc(C)c(C)s2)NCC)CC1.I. The van der Waals surface area contributed by atoms with Gasteiger partial charge in [-0.1, -0.05) is 6.92 Å². The average Bonchev–Trinajstić information content (AvgIpc) is 2.91. The van der Waals surface area contributed by atoms with Crippen LogP contribution in [0.2, 0.25) is 0 Å². The van der Waals surface area contributed by atoms with E-state index in [0.717, 1.165) is 36.0 Å². The van der Waals surface area contributed by atoms with Crippen molar-refractivity contribution in [2.24, 2.45) is 4.99 Å². The first kappa shape index (κ1) is 24.6. The van der Waals surface area contributed by atoms with Crippen LogP contribution in [0, 0.1) is 13.8 Å². The van der Waals surface area contributed by atoms with E-state index < -0.39 is 10.0 Å². The summed E-state index contributed by atoms with van der Waals surface area (Å²) in [5.74, 6) is 1.01. The molecule has 0 saturated carbocycles. The molecule has 0 radical (unpaired) electrons. The highest BCUT2D eigenvalue weighted by Crippen LogP contribution is 2.17. The molecule has 0 unspecified atom stereocenters. The number of piperidine rings is 1. The molecule has 0 amide bonds. The van der Waals surface area contributed by atoms with Crippen molar-refractivity contribution in [2.75, 3.05) is 25.4 Å². The summed E-state index contributed by atoms with van der Waals surface area (Å²) >= 11 is 1.68. The number of hydrogen-bond acceptors (Lipinski definition) is 5. The van der Waals surface area contributed by atoms with Crippen molar-refractivity contribution in [3.05, 3.63) is 15.6 Å². The lowest BCUT2D eigenvalue weighted by atomic mass is 10.1. The predicted octanol–water partition coefficient (Wildman–Crippen LogP) is 2.64. The Morgan fingerprint density at radius 3 is 2.48 bits per heavy atom. The van der Waals surface area contributed by atoms with Crippen LogP contribution in [-0.2, 0) is 16.6 Å². The van der Waals surface area contributed by atoms with Gasteiger partial charge in [0.25, 0.3) is 0 Å². The van der Waals surface area contributed by atoms with Crippen molar-refractivity contribution in [1.29, 1.82) is 0 Å². The van der Waals surface area contributed by atoms with Crippen LogP contribution in [0.1, 0.15) is 48.7 Å². The van der Waals surface area contributed by atoms with Crippen LogP contribution in [0.15, 0.2) is 4.99 Å². The summed E-state index contributed by atoms with van der Waals surface area (Å²) in [6.07, 6.45) is 2.25. The molecule has 1 aliphatic heterocycles. The van der Waals surface area contributed by atoms with E-state index in [1.807, 2.05) is 20.8 Å². The molecule has 156 valence electrons. The van der Waals surface area contributed by atoms with E-state index >= 15 is 0 Å². The van der Waals surface area contributed by atoms with E-state index in [0.29, 0.717) is 26.1 Å². The standard InChI is InChI=1S/C17H31N5O2S2.HI/c1-5-11-26(23,24)22-9-7-15(8-10-22)21-17(18-6-2)19-12-16-20-13(3)14(4)25-16;/h15H,5-12H2,1-4H3,(H2,18,19,21);1H. The number of aliphatic imine (C=N–C) groups is 1. The number of aryl methyl sites for hydroxylation is 2. The fourth-order valence-corrected chi connectivity index (χ4v) is 5.33. The summed E-state index contributed by atoms with van der Waals surface area (Å²) in [7, 11) is -3.09. The Hall–Kier alpha value is -0.460. The van der Waals surface area contributed by atoms with Crippen LogP contribution in [0.4, 0.5) is 0 Å². The molecular formula is C17H32IN5O2S2. The maximum Gasteiger partial charge on any atom is 0.214 e. The van der Waals surface area contributed by atoms with E-state index in [-0.39, 0.29) is 35.8 Å². The lowest BCUT2D eigenvalue weighted by Gasteiger charge is -2.32. The second kappa shape index (κ2) is 11.5. The Morgan fingerprint density at radius 1 is 1.30 bits per heavy atom. The molecule has 1 aliphatic rings. The van der Waals surface area contributed by atoms with Crippen molar-refractivity contribution < 1.29 is 8.42 Å². The Bertz CT molecular complexity index is 693. The smallest absolute Gasteiger partial charge is 0.214 e. The fraction of sp³-hybridized carbons (Fsp3) is 0.765. The molecule has 2 heterocycles. The molecule has 1 saturated heterocycles. The quantitative estimate of drug-likeness (QED) is 0.322. The molecule has 1 fully saturated rings. The highest BCUT2D eigenvalue weighted by Gasteiger charge is 2.27. The molecular weight excluding hydrogens is 497 g/mol. The summed E-state index contributed by atoms with van der Waals surface area (Å²) in [5.41, 5.74) is 1.07. The van der Waals surface area contributed by atoms with Crippen LogP contribution in [0.3, 0.4) is 0 Å². The maximum atomic E-state index is 12.2. The van der Waals surface area contributed by atoms with E-state index in [1.165, 1.54) is 4.88 Å². The largest absolute Gasteiger partial charge is 0.357 e. The van der Waals surface area contributed by atoms with Gasteiger partial charge in [-0.15, -0.1) is 35.3 Å². The van der Waals surface area contributed by atoms with Gasteiger partial charge in [0.2, 0.25) is 10.0 Å². The molecule has 0 atom stereocenters. The Kier molecular flexibility index (Phi) is 10.5. The number of guanidine groups is 1.